The van der Waals surface area contributed by atoms with Crippen molar-refractivity contribution in [1.29, 1.82) is 0 Å². The van der Waals surface area contributed by atoms with Gasteiger partial charge in [-0.1, -0.05) is 91.5 Å². The standard InChI is InChI=1S/C53H36N2S2/c1-35-28-38(12-5-27-56-51-16-13-45(32-48(35)51)42-9-2-6-39(29-42)36-19-23-54-24-20-36)41-8-4-11-44(31-41)47-15-18-53-50(34-47)49-33-46(14-17-52(49)57-53)43-10-3-7-40(30-43)37-21-25-55-26-22-37/h2-26,28-34H,1,27H2/b12-5-,38-28+. The molecule has 3 aromatic heterocycles. The van der Waals surface area contributed by atoms with Crippen molar-refractivity contribution in [3.05, 3.63) is 212 Å². The van der Waals surface area contributed by atoms with Gasteiger partial charge in [0.05, 0.1) is 0 Å². The van der Waals surface area contributed by atoms with Gasteiger partial charge in [-0.15, -0.1) is 23.1 Å². The van der Waals surface area contributed by atoms with E-state index in [1.165, 1.54) is 86.3 Å². The summed E-state index contributed by atoms with van der Waals surface area (Å²) in [6.45, 7) is 4.63. The van der Waals surface area contributed by atoms with Gasteiger partial charge < -0.3 is 0 Å². The Labute approximate surface area is 341 Å². The van der Waals surface area contributed by atoms with Crippen LogP contribution in [0.2, 0.25) is 0 Å². The van der Waals surface area contributed by atoms with Crippen molar-refractivity contribution in [2.24, 2.45) is 0 Å². The zero-order chi connectivity index (χ0) is 38.1. The first-order valence-corrected chi connectivity index (χ1v) is 20.9. The smallest absolute Gasteiger partial charge is 0.0355 e. The number of thiophene rings is 1. The first-order chi connectivity index (χ1) is 28.1. The number of allylic oxidation sites excluding steroid dienone is 4. The van der Waals surface area contributed by atoms with Gasteiger partial charge in [-0.25, -0.2) is 0 Å². The normalized spacial score (nSPS) is 14.3. The van der Waals surface area contributed by atoms with E-state index in [0.717, 1.165) is 22.5 Å². The molecule has 1 aliphatic heterocycles. The van der Waals surface area contributed by atoms with Gasteiger partial charge in [0.2, 0.25) is 0 Å². The van der Waals surface area contributed by atoms with E-state index in [9.17, 15) is 0 Å². The molecule has 0 bridgehead atoms. The van der Waals surface area contributed by atoms with Crippen LogP contribution in [0.4, 0.5) is 0 Å². The highest BCUT2D eigenvalue weighted by Crippen LogP contribution is 2.40. The Morgan fingerprint density at radius 2 is 0.895 bits per heavy atom. The van der Waals surface area contributed by atoms with Crippen LogP contribution in [0.5, 0.6) is 0 Å². The van der Waals surface area contributed by atoms with Gasteiger partial charge in [-0.05, 0) is 163 Å². The van der Waals surface area contributed by atoms with Crippen LogP contribution >= 0.6 is 23.1 Å². The Balaban J connectivity index is 0.972. The molecule has 0 aliphatic carbocycles. The number of fused-ring (bicyclic) bond motifs is 4. The Hall–Kier alpha value is -6.59. The first kappa shape index (κ1) is 34.9. The molecule has 270 valence electrons. The van der Waals surface area contributed by atoms with Crippen molar-refractivity contribution in [3.63, 3.8) is 0 Å². The largest absolute Gasteiger partial charge is 0.265 e. The predicted octanol–water partition coefficient (Wildman–Crippen LogP) is 14.9. The van der Waals surface area contributed by atoms with Crippen LogP contribution in [0.3, 0.4) is 0 Å². The summed E-state index contributed by atoms with van der Waals surface area (Å²) in [5.41, 5.74) is 16.4. The molecule has 1 aliphatic rings. The summed E-state index contributed by atoms with van der Waals surface area (Å²) in [5.74, 6) is 0.881. The molecule has 0 radical (unpaired) electrons. The molecule has 4 heteroatoms. The van der Waals surface area contributed by atoms with Crippen LogP contribution in [-0.4, -0.2) is 15.7 Å². The van der Waals surface area contributed by atoms with Gasteiger partial charge in [0, 0.05) is 55.6 Å². The maximum absolute atomic E-state index is 4.63. The molecule has 0 unspecified atom stereocenters. The van der Waals surface area contributed by atoms with E-state index in [-0.39, 0.29) is 0 Å². The van der Waals surface area contributed by atoms with E-state index < -0.39 is 0 Å². The Morgan fingerprint density at radius 1 is 0.439 bits per heavy atom. The maximum atomic E-state index is 4.63. The van der Waals surface area contributed by atoms with E-state index >= 15 is 0 Å². The highest BCUT2D eigenvalue weighted by molar-refractivity contribution is 7.99. The van der Waals surface area contributed by atoms with Crippen molar-refractivity contribution in [2.75, 3.05) is 5.75 Å². The van der Waals surface area contributed by atoms with Crippen molar-refractivity contribution >= 4 is 54.4 Å². The molecule has 0 saturated carbocycles. The summed E-state index contributed by atoms with van der Waals surface area (Å²) in [7, 11) is 0. The average molecular weight is 765 g/mol. The molecule has 9 aromatic rings. The Kier molecular flexibility index (Phi) is 9.27. The number of pyridine rings is 2. The zero-order valence-electron chi connectivity index (χ0n) is 31.1. The highest BCUT2D eigenvalue weighted by atomic mass is 32.2. The third-order valence-corrected chi connectivity index (χ3v) is 12.9. The quantitative estimate of drug-likeness (QED) is 0.169. The maximum Gasteiger partial charge on any atom is 0.0355 e. The molecule has 2 nitrogen and oxygen atoms in total. The number of rotatable bonds is 6. The number of aromatic nitrogens is 2. The van der Waals surface area contributed by atoms with Gasteiger partial charge in [0.15, 0.2) is 0 Å². The van der Waals surface area contributed by atoms with Gasteiger partial charge in [0.1, 0.15) is 0 Å². The number of hydrogen-bond donors (Lipinski definition) is 0. The molecule has 0 fully saturated rings. The van der Waals surface area contributed by atoms with Crippen LogP contribution < -0.4 is 0 Å². The lowest BCUT2D eigenvalue weighted by Crippen LogP contribution is -1.90. The van der Waals surface area contributed by atoms with E-state index in [1.807, 2.05) is 47.9 Å². The lowest BCUT2D eigenvalue weighted by molar-refractivity contribution is 1.33. The molecule has 0 spiro atoms. The summed E-state index contributed by atoms with van der Waals surface area (Å²) in [5, 5.41) is 2.58. The molecule has 6 aromatic carbocycles. The molecule has 10 rings (SSSR count). The lowest BCUT2D eigenvalue weighted by atomic mass is 9.94. The molecule has 0 amide bonds. The Morgan fingerprint density at radius 3 is 1.46 bits per heavy atom. The van der Waals surface area contributed by atoms with Crippen molar-refractivity contribution in [2.45, 2.75) is 4.90 Å². The van der Waals surface area contributed by atoms with Crippen molar-refractivity contribution < 1.29 is 0 Å². The molecular formula is C53H36N2S2. The van der Waals surface area contributed by atoms with Crippen LogP contribution in [0.25, 0.3) is 87.0 Å². The van der Waals surface area contributed by atoms with Gasteiger partial charge >= 0.3 is 0 Å². The summed E-state index contributed by atoms with van der Waals surface area (Å²) in [6.07, 6.45) is 14.2. The topological polar surface area (TPSA) is 25.8 Å². The summed E-state index contributed by atoms with van der Waals surface area (Å²) < 4.78 is 2.59. The minimum absolute atomic E-state index is 0.881. The van der Waals surface area contributed by atoms with Crippen LogP contribution in [0.15, 0.2) is 206 Å². The van der Waals surface area contributed by atoms with Gasteiger partial charge in [0.25, 0.3) is 0 Å². The minimum atomic E-state index is 0.881. The minimum Gasteiger partial charge on any atom is -0.265 e. The fourth-order valence-electron chi connectivity index (χ4n) is 7.75. The van der Waals surface area contributed by atoms with Crippen LogP contribution in [0, 0.1) is 0 Å². The summed E-state index contributed by atoms with van der Waals surface area (Å²) >= 11 is 3.71. The van der Waals surface area contributed by atoms with E-state index in [2.05, 4.69) is 186 Å². The number of nitrogens with zero attached hydrogens (tertiary/aromatic N) is 2. The molecule has 0 saturated heterocycles. The number of benzene rings is 6. The molecular weight excluding hydrogens is 729 g/mol. The lowest BCUT2D eigenvalue weighted by Gasteiger charge is -2.13. The predicted molar refractivity (Wildman–Crippen MR) is 245 cm³/mol. The SMILES string of the molecule is C=C1/C=C(c2cccc(-c3ccc4sc5ccc(-c6cccc(-c7ccncc7)c6)cc5c4c3)c2)\C=C/CSc2ccc(-c3cccc(-c4ccncc4)c3)cc21. The van der Waals surface area contributed by atoms with Crippen molar-refractivity contribution in [1.82, 2.24) is 9.97 Å². The molecule has 4 heterocycles. The van der Waals surface area contributed by atoms with Crippen LogP contribution in [-0.2, 0) is 0 Å². The number of hydrogen-bond acceptors (Lipinski definition) is 4. The second kappa shape index (κ2) is 15.2. The van der Waals surface area contributed by atoms with Crippen LogP contribution in [0.1, 0.15) is 11.1 Å². The third kappa shape index (κ3) is 7.06. The monoisotopic (exact) mass is 764 g/mol. The second-order valence-corrected chi connectivity index (χ2v) is 16.4. The first-order valence-electron chi connectivity index (χ1n) is 19.1. The molecule has 0 atom stereocenters. The molecule has 0 N–H and O–H groups in total. The average Bonchev–Trinajstić information content (AvgIpc) is 3.68. The van der Waals surface area contributed by atoms with Gasteiger partial charge in [-0.2, -0.15) is 0 Å². The molecule has 57 heavy (non-hydrogen) atoms. The van der Waals surface area contributed by atoms with E-state index in [4.69, 9.17) is 0 Å². The van der Waals surface area contributed by atoms with E-state index in [1.54, 1.807) is 0 Å². The number of thioether (sulfide) groups is 1. The van der Waals surface area contributed by atoms with E-state index in [0.29, 0.717) is 0 Å². The zero-order valence-corrected chi connectivity index (χ0v) is 32.7. The third-order valence-electron chi connectivity index (χ3n) is 10.7. The fraction of sp³-hybridized carbons (Fsp3) is 0.0189. The summed E-state index contributed by atoms with van der Waals surface area (Å²) in [6, 6.07) is 55.3. The van der Waals surface area contributed by atoms with Crippen molar-refractivity contribution in [3.8, 4) is 55.6 Å². The second-order valence-electron chi connectivity index (χ2n) is 14.3. The fourth-order valence-corrected chi connectivity index (χ4v) is 9.70. The highest BCUT2D eigenvalue weighted by Gasteiger charge is 2.14. The Bertz CT molecular complexity index is 3030. The summed E-state index contributed by atoms with van der Waals surface area (Å²) in [4.78, 5) is 9.63. The van der Waals surface area contributed by atoms with Gasteiger partial charge in [-0.3, -0.25) is 9.97 Å².